The normalized spacial score (nSPS) is 11.7. The number of aromatic nitrogens is 4. The van der Waals surface area contributed by atoms with Gasteiger partial charge in [-0.25, -0.2) is 13.1 Å². The Kier molecular flexibility index (Phi) is 3.85. The number of aryl methyl sites for hydroxylation is 1. The highest BCUT2D eigenvalue weighted by molar-refractivity contribution is 9.10. The van der Waals surface area contributed by atoms with Crippen molar-refractivity contribution in [2.45, 2.75) is 6.54 Å². The van der Waals surface area contributed by atoms with E-state index in [1.165, 1.54) is 10.9 Å². The monoisotopic (exact) mass is 345 g/mol. The minimum absolute atomic E-state index is 0.0228. The van der Waals surface area contributed by atoms with Crippen molar-refractivity contribution in [1.82, 2.24) is 20.2 Å². The molecule has 9 heteroatoms. The van der Waals surface area contributed by atoms with Crippen molar-refractivity contribution in [3.05, 3.63) is 22.7 Å². The number of tetrazole rings is 1. The molecule has 0 bridgehead atoms. The molecule has 1 aromatic heterocycles. The van der Waals surface area contributed by atoms with Gasteiger partial charge in [0.15, 0.2) is 5.82 Å². The summed E-state index contributed by atoms with van der Waals surface area (Å²) in [4.78, 5) is 0. The first kappa shape index (κ1) is 13.9. The number of hydrogen-bond donors (Lipinski definition) is 1. The number of benzene rings is 1. The zero-order valence-electron chi connectivity index (χ0n) is 10.1. The topological polar surface area (TPSA) is 104 Å². The van der Waals surface area contributed by atoms with Crippen LogP contribution >= 0.6 is 15.9 Å². The molecular formula is C10H12BrN5O2S. The van der Waals surface area contributed by atoms with Crippen molar-refractivity contribution in [2.75, 3.05) is 17.7 Å². The highest BCUT2D eigenvalue weighted by Crippen LogP contribution is 2.28. The molecule has 7 nitrogen and oxygen atoms in total. The lowest BCUT2D eigenvalue weighted by molar-refractivity contribution is 0.581. The molecule has 102 valence electrons. The molecule has 2 N–H and O–H groups in total. The minimum atomic E-state index is -3.07. The molecule has 0 atom stereocenters. The van der Waals surface area contributed by atoms with Crippen molar-refractivity contribution in [3.8, 4) is 11.4 Å². The first-order valence-corrected chi connectivity index (χ1v) is 8.21. The molecule has 0 aliphatic carbocycles. The maximum absolute atomic E-state index is 11.2. The van der Waals surface area contributed by atoms with Gasteiger partial charge in [0.05, 0.1) is 12.3 Å². The summed E-state index contributed by atoms with van der Waals surface area (Å²) in [5.74, 6) is 0.452. The molecule has 19 heavy (non-hydrogen) atoms. The summed E-state index contributed by atoms with van der Waals surface area (Å²) in [6.45, 7) is 0.197. The van der Waals surface area contributed by atoms with Crippen LogP contribution in [0.15, 0.2) is 22.7 Å². The Bertz CT molecular complexity index is 698. The summed E-state index contributed by atoms with van der Waals surface area (Å²) in [5, 5.41) is 11.3. The number of hydrogen-bond acceptors (Lipinski definition) is 6. The van der Waals surface area contributed by atoms with Gasteiger partial charge in [0, 0.05) is 22.0 Å². The number of sulfone groups is 1. The van der Waals surface area contributed by atoms with E-state index in [4.69, 9.17) is 5.73 Å². The van der Waals surface area contributed by atoms with E-state index in [1.807, 2.05) is 0 Å². The summed E-state index contributed by atoms with van der Waals surface area (Å²) >= 11 is 3.39. The van der Waals surface area contributed by atoms with Crippen LogP contribution in [0.2, 0.25) is 0 Å². The third-order valence-corrected chi connectivity index (χ3v) is 4.05. The predicted octanol–water partition coefficient (Wildman–Crippen LogP) is 0.729. The van der Waals surface area contributed by atoms with Crippen LogP contribution in [0.5, 0.6) is 0 Å². The van der Waals surface area contributed by atoms with Gasteiger partial charge in [-0.05, 0) is 28.6 Å². The van der Waals surface area contributed by atoms with E-state index in [1.54, 1.807) is 18.2 Å². The Hall–Kier alpha value is -1.48. The van der Waals surface area contributed by atoms with Gasteiger partial charge in [-0.3, -0.25) is 0 Å². The number of nitrogens with two attached hydrogens (primary N) is 1. The third kappa shape index (κ3) is 3.51. The molecule has 0 aliphatic heterocycles. The fourth-order valence-corrected chi connectivity index (χ4v) is 2.44. The fraction of sp³-hybridized carbons (Fsp3) is 0.300. The van der Waals surface area contributed by atoms with Crippen molar-refractivity contribution in [2.24, 2.45) is 0 Å². The third-order valence-electron chi connectivity index (χ3n) is 2.44. The van der Waals surface area contributed by atoms with Crippen LogP contribution in [-0.4, -0.2) is 40.6 Å². The molecule has 0 spiro atoms. The average Bonchev–Trinajstić information content (AvgIpc) is 2.77. The zero-order chi connectivity index (χ0) is 14.0. The summed E-state index contributed by atoms with van der Waals surface area (Å²) in [6, 6.07) is 5.27. The number of rotatable bonds is 4. The number of halogens is 1. The average molecular weight is 346 g/mol. The molecule has 0 amide bonds. The molecule has 0 saturated carbocycles. The second-order valence-corrected chi connectivity index (χ2v) is 7.21. The smallest absolute Gasteiger partial charge is 0.183 e. The van der Waals surface area contributed by atoms with Gasteiger partial charge >= 0.3 is 0 Å². The van der Waals surface area contributed by atoms with Gasteiger partial charge in [-0.15, -0.1) is 5.10 Å². The largest absolute Gasteiger partial charge is 0.399 e. The van der Waals surface area contributed by atoms with Gasteiger partial charge in [0.1, 0.15) is 9.84 Å². The Labute approximate surface area is 118 Å². The van der Waals surface area contributed by atoms with E-state index in [9.17, 15) is 8.42 Å². The van der Waals surface area contributed by atoms with E-state index in [0.29, 0.717) is 11.5 Å². The Morgan fingerprint density at radius 2 is 2.16 bits per heavy atom. The summed E-state index contributed by atoms with van der Waals surface area (Å²) in [7, 11) is -3.07. The summed E-state index contributed by atoms with van der Waals surface area (Å²) in [5.41, 5.74) is 7.03. The van der Waals surface area contributed by atoms with Gasteiger partial charge in [0.2, 0.25) is 0 Å². The lowest BCUT2D eigenvalue weighted by Crippen LogP contribution is -2.13. The van der Waals surface area contributed by atoms with Crippen LogP contribution < -0.4 is 5.73 Å². The highest BCUT2D eigenvalue weighted by Gasteiger charge is 2.14. The van der Waals surface area contributed by atoms with Crippen LogP contribution in [0.4, 0.5) is 5.69 Å². The van der Waals surface area contributed by atoms with Crippen LogP contribution in [0.1, 0.15) is 0 Å². The molecule has 0 saturated heterocycles. The van der Waals surface area contributed by atoms with Crippen molar-refractivity contribution in [3.63, 3.8) is 0 Å². The van der Waals surface area contributed by atoms with Crippen LogP contribution in [-0.2, 0) is 16.4 Å². The molecule has 0 fully saturated rings. The van der Waals surface area contributed by atoms with E-state index in [2.05, 4.69) is 31.5 Å². The number of anilines is 1. The molecule has 2 aromatic rings. The van der Waals surface area contributed by atoms with Crippen LogP contribution in [0.3, 0.4) is 0 Å². The first-order chi connectivity index (χ1) is 8.87. The zero-order valence-corrected chi connectivity index (χ0v) is 12.5. The standard InChI is InChI=1S/C10H12BrN5O2S/c1-19(17,18)5-4-16-10(13-14-15-16)8-6-7(12)2-3-9(8)11/h2-3,6H,4-5,12H2,1H3. The van der Waals surface area contributed by atoms with Crippen LogP contribution in [0.25, 0.3) is 11.4 Å². The van der Waals surface area contributed by atoms with E-state index in [-0.39, 0.29) is 12.3 Å². The maximum atomic E-state index is 11.2. The second-order valence-electron chi connectivity index (χ2n) is 4.09. The van der Waals surface area contributed by atoms with E-state index >= 15 is 0 Å². The van der Waals surface area contributed by atoms with Crippen molar-refractivity contribution < 1.29 is 8.42 Å². The van der Waals surface area contributed by atoms with Crippen LogP contribution in [0, 0.1) is 0 Å². The fourth-order valence-electron chi connectivity index (χ4n) is 1.51. The molecule has 0 unspecified atom stereocenters. The minimum Gasteiger partial charge on any atom is -0.399 e. The Morgan fingerprint density at radius 3 is 2.84 bits per heavy atom. The summed E-state index contributed by atoms with van der Waals surface area (Å²) < 4.78 is 24.6. The van der Waals surface area contributed by atoms with Gasteiger partial charge in [-0.2, -0.15) is 0 Å². The number of nitrogens with zero attached hydrogens (tertiary/aromatic N) is 4. The van der Waals surface area contributed by atoms with Gasteiger partial charge in [-0.1, -0.05) is 15.9 Å². The maximum Gasteiger partial charge on any atom is 0.183 e. The first-order valence-electron chi connectivity index (χ1n) is 5.36. The highest BCUT2D eigenvalue weighted by atomic mass is 79.9. The Morgan fingerprint density at radius 1 is 1.42 bits per heavy atom. The quantitative estimate of drug-likeness (QED) is 0.819. The second kappa shape index (κ2) is 5.25. The Balaban J connectivity index is 2.36. The molecule has 2 rings (SSSR count). The predicted molar refractivity (Wildman–Crippen MR) is 75.1 cm³/mol. The van der Waals surface area contributed by atoms with Gasteiger partial charge in [0.25, 0.3) is 0 Å². The van der Waals surface area contributed by atoms with E-state index < -0.39 is 9.84 Å². The molecule has 1 heterocycles. The lowest BCUT2D eigenvalue weighted by Gasteiger charge is -2.06. The number of nitrogen functional groups attached to an aromatic ring is 1. The molecular weight excluding hydrogens is 334 g/mol. The SMILES string of the molecule is CS(=O)(=O)CCn1nnnc1-c1cc(N)ccc1Br. The molecule has 1 aromatic carbocycles. The van der Waals surface area contributed by atoms with Gasteiger partial charge < -0.3 is 5.73 Å². The molecule has 0 radical (unpaired) electrons. The van der Waals surface area contributed by atoms with Crippen molar-refractivity contribution >= 4 is 31.5 Å². The van der Waals surface area contributed by atoms with Crippen molar-refractivity contribution in [1.29, 1.82) is 0 Å². The van der Waals surface area contributed by atoms with E-state index in [0.717, 1.165) is 10.0 Å². The lowest BCUT2D eigenvalue weighted by atomic mass is 10.2. The molecule has 0 aliphatic rings. The summed E-state index contributed by atoms with van der Waals surface area (Å²) in [6.07, 6.45) is 1.17.